The molecule has 0 bridgehead atoms. The molecule has 0 saturated carbocycles. The lowest BCUT2D eigenvalue weighted by atomic mass is 10.0. The van der Waals surface area contributed by atoms with E-state index in [0.717, 1.165) is 4.48 Å². The van der Waals surface area contributed by atoms with E-state index in [0.29, 0.717) is 0 Å². The van der Waals surface area contributed by atoms with Gasteiger partial charge in [-0.1, -0.05) is 123 Å². The first-order valence-electron chi connectivity index (χ1n) is 13.8. The van der Waals surface area contributed by atoms with E-state index in [1.807, 2.05) is 0 Å². The number of rotatable bonds is 22. The molecule has 1 atom stereocenters. The predicted molar refractivity (Wildman–Crippen MR) is 136 cm³/mol. The van der Waals surface area contributed by atoms with Crippen LogP contribution in [-0.2, 0) is 0 Å². The van der Waals surface area contributed by atoms with Crippen LogP contribution in [-0.4, -0.2) is 23.9 Å². The van der Waals surface area contributed by atoms with Gasteiger partial charge in [0.25, 0.3) is 0 Å². The molecule has 0 N–H and O–H groups in total. The topological polar surface area (TPSA) is 12.4 Å². The summed E-state index contributed by atoms with van der Waals surface area (Å²) in [5, 5.41) is 0. The van der Waals surface area contributed by atoms with E-state index in [1.165, 1.54) is 147 Å². The number of halogens is 1. The Morgan fingerprint density at radius 2 is 0.968 bits per heavy atom. The van der Waals surface area contributed by atoms with Crippen molar-refractivity contribution < 1.29 is 16.9 Å². The fourth-order valence-electron chi connectivity index (χ4n) is 4.71. The van der Waals surface area contributed by atoms with E-state index in [1.54, 1.807) is 0 Å². The number of hydrogen-bond donors (Lipinski definition) is 0. The van der Waals surface area contributed by atoms with Crippen molar-refractivity contribution in [1.82, 2.24) is 0 Å². The summed E-state index contributed by atoms with van der Waals surface area (Å²) in [6.45, 7) is 5.83. The van der Waals surface area contributed by atoms with Crippen LogP contribution in [0.5, 0.6) is 0 Å². The van der Waals surface area contributed by atoms with Crippen molar-refractivity contribution in [2.24, 2.45) is 4.99 Å². The lowest BCUT2D eigenvalue weighted by molar-refractivity contribution is -0.765. The lowest BCUT2D eigenvalue weighted by Crippen LogP contribution is -3.00. The van der Waals surface area contributed by atoms with Crippen LogP contribution in [0.3, 0.4) is 0 Å². The SMILES string of the molecule is CCCCCCCCCCCCC1=NC=C[N+]1(C)CCCCCCCCCCCC.[Cl-]. The monoisotopic (exact) mass is 454 g/mol. The fraction of sp³-hybridized carbons (Fsp3) is 0.893. The Kier molecular flexibility index (Phi) is 21.3. The van der Waals surface area contributed by atoms with Gasteiger partial charge in [-0.05, 0) is 19.3 Å². The lowest BCUT2D eigenvalue weighted by Gasteiger charge is -2.27. The van der Waals surface area contributed by atoms with Gasteiger partial charge in [0, 0.05) is 6.42 Å². The molecule has 184 valence electrons. The summed E-state index contributed by atoms with van der Waals surface area (Å²) in [6.07, 6.45) is 33.8. The summed E-state index contributed by atoms with van der Waals surface area (Å²) in [6, 6.07) is 0. The highest BCUT2D eigenvalue weighted by atomic mass is 35.5. The van der Waals surface area contributed by atoms with Crippen molar-refractivity contribution in [3.8, 4) is 0 Å². The van der Waals surface area contributed by atoms with Crippen LogP contribution >= 0.6 is 0 Å². The van der Waals surface area contributed by atoms with Gasteiger partial charge in [0.15, 0.2) is 0 Å². The summed E-state index contributed by atoms with van der Waals surface area (Å²) in [5.41, 5.74) is 0. The second kappa shape index (κ2) is 21.5. The number of quaternary nitrogens is 1. The first kappa shape index (κ1) is 30.7. The van der Waals surface area contributed by atoms with Crippen molar-refractivity contribution in [2.45, 2.75) is 149 Å². The van der Waals surface area contributed by atoms with Crippen molar-refractivity contribution in [3.63, 3.8) is 0 Å². The molecule has 0 spiro atoms. The highest BCUT2D eigenvalue weighted by molar-refractivity contribution is 5.78. The van der Waals surface area contributed by atoms with Gasteiger partial charge in [-0.25, -0.2) is 4.99 Å². The Morgan fingerprint density at radius 1 is 0.581 bits per heavy atom. The van der Waals surface area contributed by atoms with Gasteiger partial charge in [0.2, 0.25) is 5.84 Å². The van der Waals surface area contributed by atoms with Crippen LogP contribution in [0.15, 0.2) is 17.4 Å². The Hall–Kier alpha value is -0.340. The largest absolute Gasteiger partial charge is 1.00 e. The number of unbranched alkanes of at least 4 members (excludes halogenated alkanes) is 18. The number of nitrogens with zero attached hydrogens (tertiary/aromatic N) is 2. The molecule has 1 rings (SSSR count). The standard InChI is InChI=1S/C28H55N2.ClH/c1-4-6-8-10-12-14-16-18-20-22-24-28-29-25-27-30(28,3)26-23-21-19-17-15-13-11-9-7-5-2;/h25,27H,4-24,26H2,1-3H3;1H/q+1;/p-1. The Bertz CT molecular complexity index is 446. The van der Waals surface area contributed by atoms with Gasteiger partial charge in [0.1, 0.15) is 6.20 Å². The minimum absolute atomic E-state index is 0. The van der Waals surface area contributed by atoms with Crippen LogP contribution in [0.2, 0.25) is 0 Å². The molecule has 1 aliphatic rings. The number of hydrogen-bond acceptors (Lipinski definition) is 1. The van der Waals surface area contributed by atoms with Crippen molar-refractivity contribution in [1.29, 1.82) is 0 Å². The zero-order valence-corrected chi connectivity index (χ0v) is 22.2. The minimum atomic E-state index is 0. The molecule has 0 amide bonds. The van der Waals surface area contributed by atoms with Gasteiger partial charge in [0.05, 0.1) is 19.8 Å². The third-order valence-corrected chi connectivity index (χ3v) is 6.94. The zero-order valence-electron chi connectivity index (χ0n) is 21.5. The van der Waals surface area contributed by atoms with Crippen LogP contribution in [0.1, 0.15) is 149 Å². The van der Waals surface area contributed by atoms with Crippen LogP contribution in [0.4, 0.5) is 0 Å². The van der Waals surface area contributed by atoms with E-state index in [9.17, 15) is 0 Å². The van der Waals surface area contributed by atoms with E-state index in [2.05, 4.69) is 33.3 Å². The summed E-state index contributed by atoms with van der Waals surface area (Å²) in [5.74, 6) is 1.41. The summed E-state index contributed by atoms with van der Waals surface area (Å²) < 4.78 is 0.981. The average molecular weight is 455 g/mol. The maximum Gasteiger partial charge on any atom is 0.207 e. The van der Waals surface area contributed by atoms with Gasteiger partial charge in [-0.15, -0.1) is 0 Å². The fourth-order valence-corrected chi connectivity index (χ4v) is 4.71. The summed E-state index contributed by atoms with van der Waals surface area (Å²) in [7, 11) is 2.37. The minimum Gasteiger partial charge on any atom is -1.00 e. The second-order valence-electron chi connectivity index (χ2n) is 9.95. The summed E-state index contributed by atoms with van der Waals surface area (Å²) in [4.78, 5) is 4.74. The molecule has 0 aromatic rings. The number of amidine groups is 1. The molecule has 0 fully saturated rings. The quantitative estimate of drug-likeness (QED) is 0.130. The van der Waals surface area contributed by atoms with Crippen LogP contribution < -0.4 is 12.4 Å². The molecule has 1 heterocycles. The Labute approximate surface area is 202 Å². The van der Waals surface area contributed by atoms with Crippen LogP contribution in [0.25, 0.3) is 0 Å². The molecule has 0 aliphatic carbocycles. The molecule has 2 nitrogen and oxygen atoms in total. The smallest absolute Gasteiger partial charge is 0.207 e. The van der Waals surface area contributed by atoms with E-state index >= 15 is 0 Å². The molecule has 0 aromatic carbocycles. The summed E-state index contributed by atoms with van der Waals surface area (Å²) >= 11 is 0. The molecular weight excluding hydrogens is 400 g/mol. The third-order valence-electron chi connectivity index (χ3n) is 6.94. The molecule has 3 heteroatoms. The zero-order chi connectivity index (χ0) is 21.8. The maximum atomic E-state index is 4.74. The van der Waals surface area contributed by atoms with E-state index in [4.69, 9.17) is 4.99 Å². The second-order valence-corrected chi connectivity index (χ2v) is 9.95. The molecule has 0 radical (unpaired) electrons. The van der Waals surface area contributed by atoms with Gasteiger partial charge in [-0.3, -0.25) is 4.48 Å². The van der Waals surface area contributed by atoms with Gasteiger partial charge < -0.3 is 12.4 Å². The average Bonchev–Trinajstić information content (AvgIpc) is 3.11. The Balaban J connectivity index is 0.00000900. The maximum absolute atomic E-state index is 4.74. The highest BCUT2D eigenvalue weighted by Gasteiger charge is 2.29. The molecular formula is C28H55ClN2. The third kappa shape index (κ3) is 16.0. The predicted octanol–water partition coefficient (Wildman–Crippen LogP) is 6.55. The van der Waals surface area contributed by atoms with Crippen molar-refractivity contribution in [2.75, 3.05) is 13.6 Å². The van der Waals surface area contributed by atoms with E-state index < -0.39 is 0 Å². The van der Waals surface area contributed by atoms with E-state index in [-0.39, 0.29) is 12.4 Å². The molecule has 31 heavy (non-hydrogen) atoms. The first-order valence-corrected chi connectivity index (χ1v) is 13.8. The number of aliphatic imine (C=N–C) groups is 1. The molecule has 0 aromatic heterocycles. The van der Waals surface area contributed by atoms with Gasteiger partial charge in [-0.2, -0.15) is 0 Å². The molecule has 0 saturated heterocycles. The van der Waals surface area contributed by atoms with Crippen molar-refractivity contribution >= 4 is 5.84 Å². The van der Waals surface area contributed by atoms with Crippen LogP contribution in [0, 0.1) is 0 Å². The first-order chi connectivity index (χ1) is 14.7. The van der Waals surface area contributed by atoms with Gasteiger partial charge >= 0.3 is 0 Å². The van der Waals surface area contributed by atoms with Crippen molar-refractivity contribution in [3.05, 3.63) is 12.4 Å². The highest BCUT2D eigenvalue weighted by Crippen LogP contribution is 2.21. The normalized spacial score (nSPS) is 17.7. The molecule has 1 unspecified atom stereocenters. The Morgan fingerprint density at radius 3 is 1.42 bits per heavy atom. The molecule has 1 aliphatic heterocycles.